The van der Waals surface area contributed by atoms with Gasteiger partial charge >= 0.3 is 0 Å². The van der Waals surface area contributed by atoms with Crippen LogP contribution < -0.4 is 4.72 Å². The highest BCUT2D eigenvalue weighted by atomic mass is 32.2. The molecule has 0 saturated heterocycles. The molecule has 0 radical (unpaired) electrons. The molecule has 14 heavy (non-hydrogen) atoms. The van der Waals surface area contributed by atoms with E-state index in [4.69, 9.17) is 0 Å². The Balaban J connectivity index is 1.95. The molecule has 0 aliphatic carbocycles. The SMILES string of the molecule is Cc1nnc(NSc2ccccc2)s1. The lowest BCUT2D eigenvalue weighted by molar-refractivity contribution is 1.06. The summed E-state index contributed by atoms with van der Waals surface area (Å²) in [5, 5.41) is 9.71. The molecule has 1 aromatic carbocycles. The van der Waals surface area contributed by atoms with Crippen LogP contribution in [-0.2, 0) is 0 Å². The number of nitrogens with one attached hydrogen (secondary N) is 1. The van der Waals surface area contributed by atoms with Crippen molar-refractivity contribution in [1.29, 1.82) is 0 Å². The molecule has 1 N–H and O–H groups in total. The van der Waals surface area contributed by atoms with Gasteiger partial charge in [0.2, 0.25) is 5.13 Å². The molecule has 0 saturated carbocycles. The summed E-state index contributed by atoms with van der Waals surface area (Å²) >= 11 is 3.10. The molecule has 0 bridgehead atoms. The van der Waals surface area contributed by atoms with Gasteiger partial charge in [-0.15, -0.1) is 10.2 Å². The van der Waals surface area contributed by atoms with Gasteiger partial charge in [-0.2, -0.15) is 0 Å². The highest BCUT2D eigenvalue weighted by Crippen LogP contribution is 2.22. The number of nitrogens with zero attached hydrogens (tertiary/aromatic N) is 2. The molecule has 1 heterocycles. The number of rotatable bonds is 3. The van der Waals surface area contributed by atoms with Crippen LogP contribution in [0.5, 0.6) is 0 Å². The lowest BCUT2D eigenvalue weighted by Crippen LogP contribution is -1.84. The van der Waals surface area contributed by atoms with E-state index in [9.17, 15) is 0 Å². The Morgan fingerprint density at radius 1 is 1.21 bits per heavy atom. The summed E-state index contributed by atoms with van der Waals surface area (Å²) in [6.45, 7) is 1.94. The lowest BCUT2D eigenvalue weighted by atomic mass is 10.4. The molecular weight excluding hydrogens is 214 g/mol. The zero-order valence-electron chi connectivity index (χ0n) is 7.60. The van der Waals surface area contributed by atoms with Gasteiger partial charge in [0.15, 0.2) is 0 Å². The second-order valence-corrected chi connectivity index (χ2v) is 4.70. The quantitative estimate of drug-likeness (QED) is 0.812. The van der Waals surface area contributed by atoms with Crippen LogP contribution in [0.2, 0.25) is 0 Å². The van der Waals surface area contributed by atoms with Crippen LogP contribution in [0.15, 0.2) is 35.2 Å². The van der Waals surface area contributed by atoms with E-state index in [1.165, 1.54) is 4.90 Å². The van der Waals surface area contributed by atoms with Gasteiger partial charge in [-0.25, -0.2) is 0 Å². The number of anilines is 1. The molecule has 1 aromatic heterocycles. The second-order valence-electron chi connectivity index (χ2n) is 2.64. The van der Waals surface area contributed by atoms with Gasteiger partial charge < -0.3 is 4.72 Å². The average molecular weight is 223 g/mol. The second kappa shape index (κ2) is 4.43. The van der Waals surface area contributed by atoms with Gasteiger partial charge in [0.25, 0.3) is 0 Å². The van der Waals surface area contributed by atoms with E-state index in [1.54, 1.807) is 23.3 Å². The molecule has 2 rings (SSSR count). The minimum atomic E-state index is 0.844. The molecule has 0 aliphatic rings. The lowest BCUT2D eigenvalue weighted by Gasteiger charge is -1.99. The summed E-state index contributed by atoms with van der Waals surface area (Å²) in [6, 6.07) is 10.1. The van der Waals surface area contributed by atoms with Crippen molar-refractivity contribution in [2.75, 3.05) is 4.72 Å². The van der Waals surface area contributed by atoms with Crippen LogP contribution in [0.1, 0.15) is 5.01 Å². The maximum atomic E-state index is 3.97. The largest absolute Gasteiger partial charge is 0.300 e. The third-order valence-electron chi connectivity index (χ3n) is 1.53. The van der Waals surface area contributed by atoms with E-state index in [2.05, 4.69) is 14.9 Å². The minimum Gasteiger partial charge on any atom is -0.300 e. The van der Waals surface area contributed by atoms with Crippen LogP contribution in [-0.4, -0.2) is 10.2 Å². The van der Waals surface area contributed by atoms with Crippen molar-refractivity contribution in [2.24, 2.45) is 0 Å². The Bertz CT molecular complexity index is 399. The summed E-state index contributed by atoms with van der Waals surface area (Å²) < 4.78 is 3.14. The molecule has 3 nitrogen and oxygen atoms in total. The monoisotopic (exact) mass is 223 g/mol. The average Bonchev–Trinajstić information content (AvgIpc) is 2.63. The third kappa shape index (κ3) is 2.46. The van der Waals surface area contributed by atoms with Gasteiger partial charge in [-0.05, 0) is 31.0 Å². The zero-order valence-corrected chi connectivity index (χ0v) is 9.23. The maximum Gasteiger partial charge on any atom is 0.215 e. The molecule has 0 amide bonds. The first-order valence-electron chi connectivity index (χ1n) is 4.12. The first kappa shape index (κ1) is 9.48. The summed E-state index contributed by atoms with van der Waals surface area (Å²) in [7, 11) is 0. The molecule has 0 spiro atoms. The van der Waals surface area contributed by atoms with E-state index in [0.29, 0.717) is 0 Å². The summed E-state index contributed by atoms with van der Waals surface area (Å²) in [6.07, 6.45) is 0. The van der Waals surface area contributed by atoms with E-state index in [-0.39, 0.29) is 0 Å². The van der Waals surface area contributed by atoms with Crippen molar-refractivity contribution >= 4 is 28.4 Å². The van der Waals surface area contributed by atoms with Crippen molar-refractivity contribution < 1.29 is 0 Å². The highest BCUT2D eigenvalue weighted by molar-refractivity contribution is 8.00. The summed E-state index contributed by atoms with van der Waals surface area (Å²) in [5.41, 5.74) is 0. The van der Waals surface area contributed by atoms with E-state index >= 15 is 0 Å². The zero-order chi connectivity index (χ0) is 9.80. The predicted molar refractivity (Wildman–Crippen MR) is 60.6 cm³/mol. The first-order valence-corrected chi connectivity index (χ1v) is 5.76. The highest BCUT2D eigenvalue weighted by Gasteiger charge is 1.99. The molecule has 72 valence electrons. The van der Waals surface area contributed by atoms with Crippen molar-refractivity contribution in [3.05, 3.63) is 35.3 Å². The molecule has 5 heteroatoms. The number of aryl methyl sites for hydroxylation is 1. The van der Waals surface area contributed by atoms with Gasteiger partial charge in [0.05, 0.1) is 0 Å². The fourth-order valence-corrected chi connectivity index (χ4v) is 2.20. The van der Waals surface area contributed by atoms with Crippen LogP contribution in [0, 0.1) is 6.92 Å². The Kier molecular flexibility index (Phi) is 3.00. The van der Waals surface area contributed by atoms with Gasteiger partial charge in [-0.1, -0.05) is 29.5 Å². The smallest absolute Gasteiger partial charge is 0.215 e. The van der Waals surface area contributed by atoms with Crippen molar-refractivity contribution in [1.82, 2.24) is 10.2 Å². The third-order valence-corrected chi connectivity index (χ3v) is 3.21. The van der Waals surface area contributed by atoms with Crippen molar-refractivity contribution in [3.63, 3.8) is 0 Å². The van der Waals surface area contributed by atoms with E-state index in [1.807, 2.05) is 37.3 Å². The molecule has 2 aromatic rings. The van der Waals surface area contributed by atoms with Crippen molar-refractivity contribution in [2.45, 2.75) is 11.8 Å². The van der Waals surface area contributed by atoms with E-state index in [0.717, 1.165) is 10.1 Å². The van der Waals surface area contributed by atoms with Gasteiger partial charge in [0.1, 0.15) is 5.01 Å². The standard InChI is InChI=1S/C9H9N3S2/c1-7-10-11-9(13-7)12-14-8-5-3-2-4-6-8/h2-6H,1H3,(H,11,12). The molecular formula is C9H9N3S2. The molecule has 0 fully saturated rings. The summed E-state index contributed by atoms with van der Waals surface area (Å²) in [4.78, 5) is 1.17. The molecule has 0 aliphatic heterocycles. The van der Waals surface area contributed by atoms with Crippen LogP contribution in [0.25, 0.3) is 0 Å². The number of hydrogen-bond donors (Lipinski definition) is 1. The minimum absolute atomic E-state index is 0.844. The Hall–Kier alpha value is -1.07. The van der Waals surface area contributed by atoms with Gasteiger partial charge in [0, 0.05) is 4.90 Å². The van der Waals surface area contributed by atoms with Crippen molar-refractivity contribution in [3.8, 4) is 0 Å². The fourth-order valence-electron chi connectivity index (χ4n) is 0.929. The Morgan fingerprint density at radius 3 is 2.64 bits per heavy atom. The van der Waals surface area contributed by atoms with Crippen LogP contribution in [0.4, 0.5) is 5.13 Å². The molecule has 0 unspecified atom stereocenters. The number of aromatic nitrogens is 2. The fraction of sp³-hybridized carbons (Fsp3) is 0.111. The summed E-state index contributed by atoms with van der Waals surface area (Å²) in [5.74, 6) is 0. The topological polar surface area (TPSA) is 37.8 Å². The predicted octanol–water partition coefficient (Wildman–Crippen LogP) is 2.97. The van der Waals surface area contributed by atoms with Crippen LogP contribution in [0.3, 0.4) is 0 Å². The Labute approximate surface area is 90.7 Å². The normalized spacial score (nSPS) is 10.1. The Morgan fingerprint density at radius 2 is 2.00 bits per heavy atom. The number of benzene rings is 1. The van der Waals surface area contributed by atoms with Gasteiger partial charge in [-0.3, -0.25) is 0 Å². The van der Waals surface area contributed by atoms with Crippen LogP contribution >= 0.6 is 23.3 Å². The first-order chi connectivity index (χ1) is 6.84. The maximum absolute atomic E-state index is 3.97. The van der Waals surface area contributed by atoms with E-state index < -0.39 is 0 Å². The number of hydrogen-bond acceptors (Lipinski definition) is 5. The molecule has 0 atom stereocenters.